The van der Waals surface area contributed by atoms with E-state index in [0.29, 0.717) is 17.5 Å². The van der Waals surface area contributed by atoms with Crippen molar-refractivity contribution in [2.45, 2.75) is 0 Å². The number of nitrogens with zero attached hydrogens (tertiary/aromatic N) is 3. The van der Waals surface area contributed by atoms with Crippen molar-refractivity contribution in [2.75, 3.05) is 0 Å². The molecule has 5 heteroatoms. The predicted molar refractivity (Wildman–Crippen MR) is 202 cm³/mol. The summed E-state index contributed by atoms with van der Waals surface area (Å²) in [4.78, 5) is 14.6. The smallest absolute Gasteiger partial charge is 0.164 e. The van der Waals surface area contributed by atoms with E-state index in [-0.39, 0.29) is 0 Å². The first-order valence-electron chi connectivity index (χ1n) is 16.6. The maximum absolute atomic E-state index is 6.49. The molecule has 0 bridgehead atoms. The molecule has 0 radical (unpaired) electrons. The van der Waals surface area contributed by atoms with Gasteiger partial charge in [0, 0.05) is 38.2 Å². The third-order valence-corrected chi connectivity index (χ3v) is 9.36. The van der Waals surface area contributed by atoms with Gasteiger partial charge in [-0.1, -0.05) is 121 Å². The Balaban J connectivity index is 0.996. The van der Waals surface area contributed by atoms with E-state index in [1.807, 2.05) is 78.9 Å². The lowest BCUT2D eigenvalue weighted by Gasteiger charge is -2.08. The van der Waals surface area contributed by atoms with Gasteiger partial charge in [0.05, 0.1) is 0 Å². The highest BCUT2D eigenvalue weighted by atomic mass is 16.3. The van der Waals surface area contributed by atoms with Crippen molar-refractivity contribution in [3.8, 4) is 56.4 Å². The Kier molecular flexibility index (Phi) is 6.42. The molecule has 0 fully saturated rings. The predicted octanol–water partition coefficient (Wildman–Crippen LogP) is 12.0. The molecule has 0 unspecified atom stereocenters. The molecular weight excluding hydrogens is 615 g/mol. The number of benzene rings is 7. The molecule has 0 N–H and O–H groups in total. The molecule has 0 atom stereocenters. The SMILES string of the molecule is c1ccc(-c2nc(-c3ccccc3)nc(-c3ccc4c(c3)oc3cc(-c5ccc(-c6ccc7oc8ccccc8c7c6)cc5)ccc34)n2)cc1. The van der Waals surface area contributed by atoms with Crippen molar-refractivity contribution < 1.29 is 8.83 Å². The van der Waals surface area contributed by atoms with Crippen LogP contribution in [-0.2, 0) is 0 Å². The maximum atomic E-state index is 6.49. The first kappa shape index (κ1) is 28.2. The summed E-state index contributed by atoms with van der Waals surface area (Å²) < 4.78 is 12.5. The maximum Gasteiger partial charge on any atom is 0.164 e. The second-order valence-corrected chi connectivity index (χ2v) is 12.4. The minimum Gasteiger partial charge on any atom is -0.456 e. The molecular formula is C45H27N3O2. The number of para-hydroxylation sites is 1. The molecule has 0 saturated heterocycles. The van der Waals surface area contributed by atoms with Crippen LogP contribution in [0.1, 0.15) is 0 Å². The molecule has 7 aromatic carbocycles. The minimum atomic E-state index is 0.598. The van der Waals surface area contributed by atoms with Crippen molar-refractivity contribution in [3.63, 3.8) is 0 Å². The fraction of sp³-hybridized carbons (Fsp3) is 0. The van der Waals surface area contributed by atoms with E-state index in [0.717, 1.165) is 82.8 Å². The van der Waals surface area contributed by atoms with Crippen LogP contribution >= 0.6 is 0 Å². The Hall–Kier alpha value is -6.85. The summed E-state index contributed by atoms with van der Waals surface area (Å²) in [6.45, 7) is 0. The average Bonchev–Trinajstić information content (AvgIpc) is 3.75. The van der Waals surface area contributed by atoms with Gasteiger partial charge in [-0.15, -0.1) is 0 Å². The van der Waals surface area contributed by atoms with Crippen molar-refractivity contribution in [1.29, 1.82) is 0 Å². The quantitative estimate of drug-likeness (QED) is 0.187. The van der Waals surface area contributed by atoms with Crippen molar-refractivity contribution >= 4 is 43.9 Å². The van der Waals surface area contributed by atoms with Gasteiger partial charge in [-0.05, 0) is 64.7 Å². The standard InChI is InChI=1S/C45H27N3O2/c1-3-9-30(10-4-1)43-46-44(31-11-5-2-6-12-31)48-45(47-43)34-20-23-37-36-22-19-33(26-41(36)50-42(37)27-34)29-17-15-28(16-18-29)32-21-24-40-38(25-32)35-13-7-8-14-39(35)49-40/h1-27H. The van der Waals surface area contributed by atoms with Gasteiger partial charge in [0.2, 0.25) is 0 Å². The van der Waals surface area contributed by atoms with Crippen molar-refractivity contribution in [2.24, 2.45) is 0 Å². The molecule has 3 heterocycles. The summed E-state index contributed by atoms with van der Waals surface area (Å²) in [7, 11) is 0. The zero-order valence-corrected chi connectivity index (χ0v) is 26.7. The van der Waals surface area contributed by atoms with Crippen LogP contribution < -0.4 is 0 Å². The average molecular weight is 642 g/mol. The van der Waals surface area contributed by atoms with Gasteiger partial charge < -0.3 is 8.83 Å². The van der Waals surface area contributed by atoms with Gasteiger partial charge >= 0.3 is 0 Å². The third kappa shape index (κ3) is 4.83. The summed E-state index contributed by atoms with van der Waals surface area (Å²) in [6, 6.07) is 55.9. The number of fused-ring (bicyclic) bond motifs is 6. The molecule has 5 nitrogen and oxygen atoms in total. The molecule has 0 saturated carbocycles. The van der Waals surface area contributed by atoms with E-state index in [4.69, 9.17) is 23.8 Å². The molecule has 10 rings (SSSR count). The first-order valence-corrected chi connectivity index (χ1v) is 16.6. The van der Waals surface area contributed by atoms with Gasteiger partial charge in [-0.25, -0.2) is 15.0 Å². The molecule has 3 aromatic heterocycles. The lowest BCUT2D eigenvalue weighted by molar-refractivity contribution is 0.668. The second-order valence-electron chi connectivity index (χ2n) is 12.4. The lowest BCUT2D eigenvalue weighted by Crippen LogP contribution is -2.00. The highest BCUT2D eigenvalue weighted by Crippen LogP contribution is 2.36. The fourth-order valence-corrected chi connectivity index (χ4v) is 6.79. The van der Waals surface area contributed by atoms with E-state index in [9.17, 15) is 0 Å². The zero-order valence-electron chi connectivity index (χ0n) is 26.7. The molecule has 0 aliphatic rings. The summed E-state index contributed by atoms with van der Waals surface area (Å²) >= 11 is 0. The summed E-state index contributed by atoms with van der Waals surface area (Å²) in [6.07, 6.45) is 0. The largest absolute Gasteiger partial charge is 0.456 e. The van der Waals surface area contributed by atoms with E-state index >= 15 is 0 Å². The van der Waals surface area contributed by atoms with Crippen LogP contribution in [0.3, 0.4) is 0 Å². The lowest BCUT2D eigenvalue weighted by atomic mass is 9.98. The molecule has 0 aliphatic heterocycles. The van der Waals surface area contributed by atoms with Gasteiger partial charge in [-0.3, -0.25) is 0 Å². The molecule has 234 valence electrons. The summed E-state index contributed by atoms with van der Waals surface area (Å²) in [5, 5.41) is 4.38. The highest BCUT2D eigenvalue weighted by molar-refractivity contribution is 6.07. The van der Waals surface area contributed by atoms with E-state index in [1.165, 1.54) is 0 Å². The Morgan fingerprint density at radius 1 is 0.260 bits per heavy atom. The summed E-state index contributed by atoms with van der Waals surface area (Å²) in [5.41, 5.74) is 10.7. The van der Waals surface area contributed by atoms with Crippen LogP contribution in [0, 0.1) is 0 Å². The van der Waals surface area contributed by atoms with E-state index in [1.54, 1.807) is 0 Å². The Bertz CT molecular complexity index is 2800. The van der Waals surface area contributed by atoms with Crippen LogP contribution in [0.5, 0.6) is 0 Å². The molecule has 50 heavy (non-hydrogen) atoms. The zero-order chi connectivity index (χ0) is 33.0. The monoisotopic (exact) mass is 641 g/mol. The van der Waals surface area contributed by atoms with E-state index in [2.05, 4.69) is 84.9 Å². The highest BCUT2D eigenvalue weighted by Gasteiger charge is 2.15. The first-order chi connectivity index (χ1) is 24.7. The molecule has 10 aromatic rings. The van der Waals surface area contributed by atoms with Gasteiger partial charge in [0.15, 0.2) is 17.5 Å². The van der Waals surface area contributed by atoms with Crippen LogP contribution in [0.15, 0.2) is 173 Å². The number of hydrogen-bond acceptors (Lipinski definition) is 5. The molecule has 0 spiro atoms. The van der Waals surface area contributed by atoms with Crippen LogP contribution in [0.25, 0.3) is 100 Å². The van der Waals surface area contributed by atoms with Gasteiger partial charge in [0.1, 0.15) is 22.3 Å². The molecule has 0 amide bonds. The Labute approximate surface area is 287 Å². The summed E-state index contributed by atoms with van der Waals surface area (Å²) in [5.74, 6) is 1.86. The van der Waals surface area contributed by atoms with Crippen LogP contribution in [0.2, 0.25) is 0 Å². The third-order valence-electron chi connectivity index (χ3n) is 9.36. The number of furan rings is 2. The number of aromatic nitrogens is 3. The number of rotatable bonds is 5. The Morgan fingerprint density at radius 2 is 0.680 bits per heavy atom. The fourth-order valence-electron chi connectivity index (χ4n) is 6.79. The van der Waals surface area contributed by atoms with Gasteiger partial charge in [0.25, 0.3) is 0 Å². The van der Waals surface area contributed by atoms with Crippen molar-refractivity contribution in [1.82, 2.24) is 15.0 Å². The topological polar surface area (TPSA) is 65.0 Å². The molecule has 0 aliphatic carbocycles. The van der Waals surface area contributed by atoms with E-state index < -0.39 is 0 Å². The van der Waals surface area contributed by atoms with Crippen LogP contribution in [0.4, 0.5) is 0 Å². The van der Waals surface area contributed by atoms with Crippen LogP contribution in [-0.4, -0.2) is 15.0 Å². The minimum absolute atomic E-state index is 0.598. The number of hydrogen-bond donors (Lipinski definition) is 0. The normalized spacial score (nSPS) is 11.6. The van der Waals surface area contributed by atoms with Gasteiger partial charge in [-0.2, -0.15) is 0 Å². The van der Waals surface area contributed by atoms with Crippen molar-refractivity contribution in [3.05, 3.63) is 164 Å². The Morgan fingerprint density at radius 3 is 1.32 bits per heavy atom. The second kappa shape index (κ2) is 11.4.